The van der Waals surface area contributed by atoms with Crippen LogP contribution >= 0.6 is 8.25 Å². The van der Waals surface area contributed by atoms with Crippen LogP contribution in [0.15, 0.2) is 0 Å². The largest absolute Gasteiger partial charge is 0.326 e. The van der Waals surface area contributed by atoms with Gasteiger partial charge in [0.25, 0.3) is 0 Å². The first kappa shape index (κ1) is 15.7. The molecule has 3 nitrogen and oxygen atoms in total. The number of hydrogen-bond donors (Lipinski definition) is 2. The van der Waals surface area contributed by atoms with E-state index in [1.54, 1.807) is 0 Å². The Bertz CT molecular complexity index is 33.8. The van der Waals surface area contributed by atoms with E-state index < -0.39 is 8.25 Å². The van der Waals surface area contributed by atoms with Gasteiger partial charge in [-0.15, -0.1) is 0 Å². The molecule has 0 aromatic heterocycles. The topological polar surface area (TPSA) is 57.5 Å². The van der Waals surface area contributed by atoms with Crippen molar-refractivity contribution in [1.29, 1.82) is 0 Å². The fourth-order valence-corrected chi connectivity index (χ4v) is 0. The van der Waals surface area contributed by atoms with Crippen LogP contribution in [0.1, 0.15) is 0 Å². The molecule has 1 radical (unpaired) electrons. The Labute approximate surface area is 60.5 Å². The quantitative estimate of drug-likeness (QED) is 0.435. The molecule has 41 valence electrons. The first-order chi connectivity index (χ1) is 1.73. The van der Waals surface area contributed by atoms with Crippen LogP contribution in [0.3, 0.4) is 0 Å². The summed E-state index contributed by atoms with van der Waals surface area (Å²) in [6, 6.07) is 0. The fraction of sp³-hybridized carbons (Fsp3) is 0. The summed E-state index contributed by atoms with van der Waals surface area (Å²) >= 11 is 0. The van der Waals surface area contributed by atoms with Crippen LogP contribution in [0.25, 0.3) is 0 Å². The predicted molar refractivity (Wildman–Crippen MR) is 13.4 cm³/mol. The van der Waals surface area contributed by atoms with Crippen LogP contribution in [-0.2, 0) is 42.4 Å². The summed E-state index contributed by atoms with van der Waals surface area (Å²) < 4.78 is 8.74. The van der Waals surface area contributed by atoms with Crippen LogP contribution in [0, 0.1) is 0 Å². The van der Waals surface area contributed by atoms with Gasteiger partial charge in [-0.2, -0.15) is 0 Å². The van der Waals surface area contributed by atoms with Gasteiger partial charge in [0.2, 0.25) is 0 Å². The SMILES string of the molecule is O=[PH](O)O.[Co].[Mo]. The molecule has 0 saturated heterocycles. The molecule has 0 heterocycles. The van der Waals surface area contributed by atoms with Gasteiger partial charge >= 0.3 is 8.25 Å². The van der Waals surface area contributed by atoms with Gasteiger partial charge in [-0.25, -0.2) is 0 Å². The minimum absolute atomic E-state index is 0. The second-order valence-electron chi connectivity index (χ2n) is 0.283. The van der Waals surface area contributed by atoms with Gasteiger partial charge in [0, 0.05) is 37.8 Å². The number of hydrogen-bond acceptors (Lipinski definition) is 1. The van der Waals surface area contributed by atoms with Crippen LogP contribution in [0.4, 0.5) is 0 Å². The molecule has 0 aromatic carbocycles. The van der Waals surface area contributed by atoms with Crippen molar-refractivity contribution in [1.82, 2.24) is 0 Å². The Morgan fingerprint density at radius 2 is 1.33 bits per heavy atom. The molecule has 0 rings (SSSR count). The first-order valence-electron chi connectivity index (χ1n) is 0.651. The van der Waals surface area contributed by atoms with Crippen molar-refractivity contribution in [3.8, 4) is 0 Å². The molecule has 2 N–H and O–H groups in total. The van der Waals surface area contributed by atoms with E-state index >= 15 is 0 Å². The van der Waals surface area contributed by atoms with Crippen molar-refractivity contribution in [3.05, 3.63) is 0 Å². The normalized spacial score (nSPS) is 5.83. The summed E-state index contributed by atoms with van der Waals surface area (Å²) in [7, 11) is -3.13. The van der Waals surface area contributed by atoms with Gasteiger partial charge in [0.05, 0.1) is 0 Å². The summed E-state index contributed by atoms with van der Waals surface area (Å²) in [5, 5.41) is 0. The Balaban J connectivity index is -0.0000000450. The van der Waals surface area contributed by atoms with Gasteiger partial charge < -0.3 is 9.79 Å². The molecule has 0 unspecified atom stereocenters. The summed E-state index contributed by atoms with van der Waals surface area (Å²) in [5.41, 5.74) is 0. The molecule has 0 atom stereocenters. The van der Waals surface area contributed by atoms with Crippen LogP contribution in [0.5, 0.6) is 0 Å². The van der Waals surface area contributed by atoms with Crippen molar-refractivity contribution >= 4 is 8.25 Å². The second kappa shape index (κ2) is 9.60. The monoisotopic (exact) mass is 239 g/mol. The molecule has 0 amide bonds. The van der Waals surface area contributed by atoms with Crippen molar-refractivity contribution in [3.63, 3.8) is 0 Å². The predicted octanol–water partition coefficient (Wildman–Crippen LogP) is -0.644. The molecule has 0 spiro atoms. The zero-order valence-electron chi connectivity index (χ0n) is 2.54. The zero-order chi connectivity index (χ0) is 3.58. The molecule has 6 heavy (non-hydrogen) atoms. The summed E-state index contributed by atoms with van der Waals surface area (Å²) in [5.74, 6) is 0. The Morgan fingerprint density at radius 1 is 1.33 bits per heavy atom. The molecule has 0 fully saturated rings. The smallest absolute Gasteiger partial charge is 0.314 e. The fourth-order valence-electron chi connectivity index (χ4n) is 0. The van der Waals surface area contributed by atoms with Crippen LogP contribution in [0.2, 0.25) is 0 Å². The van der Waals surface area contributed by atoms with Crippen molar-refractivity contribution in [2.75, 3.05) is 0 Å². The van der Waals surface area contributed by atoms with Gasteiger partial charge in [-0.1, -0.05) is 0 Å². The standard InChI is InChI=1S/Co.Mo.H3O3P/c;;1-4(2)3/h;;4H,(H2,1,2,3). The number of rotatable bonds is 0. The first-order valence-corrected chi connectivity index (χ1v) is 1.95. The zero-order valence-corrected chi connectivity index (χ0v) is 6.59. The van der Waals surface area contributed by atoms with E-state index in [4.69, 9.17) is 14.4 Å². The maximum atomic E-state index is 8.74. The average molecular weight is 237 g/mol. The average Bonchev–Trinajstić information content (AvgIpc) is 0.811. The van der Waals surface area contributed by atoms with Gasteiger partial charge in [-0.3, -0.25) is 4.57 Å². The van der Waals surface area contributed by atoms with E-state index in [2.05, 4.69) is 0 Å². The van der Waals surface area contributed by atoms with E-state index in [9.17, 15) is 0 Å². The van der Waals surface area contributed by atoms with Crippen LogP contribution < -0.4 is 0 Å². The molecule has 0 aromatic rings. The van der Waals surface area contributed by atoms with Gasteiger partial charge in [-0.05, 0) is 0 Å². The third kappa shape index (κ3) is 55.8. The third-order valence-electron chi connectivity index (χ3n) is 0. The molecule has 0 saturated carbocycles. The van der Waals surface area contributed by atoms with Gasteiger partial charge in [0.1, 0.15) is 0 Å². The minimum atomic E-state index is -3.13. The van der Waals surface area contributed by atoms with Gasteiger partial charge in [0.15, 0.2) is 0 Å². The maximum absolute atomic E-state index is 8.74. The second-order valence-corrected chi connectivity index (χ2v) is 0.848. The summed E-state index contributed by atoms with van der Waals surface area (Å²) in [4.78, 5) is 14.3. The molecule has 0 bridgehead atoms. The van der Waals surface area contributed by atoms with Crippen molar-refractivity contribution < 1.29 is 52.2 Å². The maximum Gasteiger partial charge on any atom is 0.314 e. The molecular formula is H3CoMoO3P. The molecule has 6 heteroatoms. The molecule has 0 aliphatic heterocycles. The Kier molecular flexibility index (Phi) is 25.1. The minimum Gasteiger partial charge on any atom is -0.326 e. The third-order valence-corrected chi connectivity index (χ3v) is 0. The molecule has 0 aliphatic rings. The van der Waals surface area contributed by atoms with E-state index in [0.717, 1.165) is 0 Å². The summed E-state index contributed by atoms with van der Waals surface area (Å²) in [6.07, 6.45) is 0. The molecule has 0 aliphatic carbocycles. The Morgan fingerprint density at radius 3 is 1.33 bits per heavy atom. The summed E-state index contributed by atoms with van der Waals surface area (Å²) in [6.45, 7) is 0. The van der Waals surface area contributed by atoms with E-state index in [0.29, 0.717) is 0 Å². The Hall–Kier alpha value is 1.34. The van der Waals surface area contributed by atoms with Crippen molar-refractivity contribution in [2.45, 2.75) is 0 Å². The van der Waals surface area contributed by atoms with Crippen LogP contribution in [-0.4, -0.2) is 9.79 Å². The van der Waals surface area contributed by atoms with E-state index in [1.165, 1.54) is 0 Å². The van der Waals surface area contributed by atoms with E-state index in [1.807, 2.05) is 0 Å². The van der Waals surface area contributed by atoms with E-state index in [-0.39, 0.29) is 37.8 Å². The van der Waals surface area contributed by atoms with Crippen molar-refractivity contribution in [2.24, 2.45) is 0 Å². The molecular weight excluding hydrogens is 234 g/mol.